The van der Waals surface area contributed by atoms with Crippen molar-refractivity contribution in [2.45, 2.75) is 6.92 Å². The zero-order valence-electron chi connectivity index (χ0n) is 11.4. The second-order valence-corrected chi connectivity index (χ2v) is 4.58. The van der Waals surface area contributed by atoms with Gasteiger partial charge in [-0.15, -0.1) is 0 Å². The van der Waals surface area contributed by atoms with Crippen LogP contribution in [0.1, 0.15) is 5.56 Å². The lowest BCUT2D eigenvalue weighted by atomic mass is 10.2. The minimum absolute atomic E-state index is 0.104. The average molecular weight is 271 g/mol. The summed E-state index contributed by atoms with van der Waals surface area (Å²) in [5.74, 6) is -0.254. The molecular weight excluding hydrogens is 254 g/mol. The quantitative estimate of drug-likeness (QED) is 0.671. The number of hydrogen-bond acceptors (Lipinski definition) is 4. The summed E-state index contributed by atoms with van der Waals surface area (Å²) in [4.78, 5) is 13.8. The molecule has 1 aliphatic heterocycles. The molecular formula is C15H17N3O2. The van der Waals surface area contributed by atoms with Crippen molar-refractivity contribution in [3.8, 4) is 6.07 Å². The van der Waals surface area contributed by atoms with Gasteiger partial charge in [-0.1, -0.05) is 17.7 Å². The molecule has 1 aromatic carbocycles. The molecule has 1 heterocycles. The lowest BCUT2D eigenvalue weighted by Gasteiger charge is -2.26. The standard InChI is InChI=1S/C15H17N3O2/c1-12-2-4-14(5-3-12)17-11-13(10-16)15(19)18-6-8-20-9-7-18/h2-5,11,17H,6-9H2,1H3/b13-11-. The Morgan fingerprint density at radius 1 is 1.35 bits per heavy atom. The molecule has 1 saturated heterocycles. The van der Waals surface area contributed by atoms with Gasteiger partial charge in [-0.2, -0.15) is 5.26 Å². The maximum absolute atomic E-state index is 12.1. The van der Waals surface area contributed by atoms with Crippen molar-refractivity contribution in [1.82, 2.24) is 4.90 Å². The highest BCUT2D eigenvalue weighted by Crippen LogP contribution is 2.10. The molecule has 0 spiro atoms. The average Bonchev–Trinajstić information content (AvgIpc) is 2.50. The Balaban J connectivity index is 2.03. The highest BCUT2D eigenvalue weighted by atomic mass is 16.5. The maximum atomic E-state index is 12.1. The summed E-state index contributed by atoms with van der Waals surface area (Å²) in [6.07, 6.45) is 1.46. The zero-order valence-corrected chi connectivity index (χ0v) is 11.4. The molecule has 1 amide bonds. The second kappa shape index (κ2) is 6.73. The lowest BCUT2D eigenvalue weighted by Crippen LogP contribution is -2.41. The van der Waals surface area contributed by atoms with Crippen LogP contribution < -0.4 is 5.32 Å². The van der Waals surface area contributed by atoms with Gasteiger partial charge >= 0.3 is 0 Å². The summed E-state index contributed by atoms with van der Waals surface area (Å²) < 4.78 is 5.19. The number of morpholine rings is 1. The number of nitrogens with one attached hydrogen (secondary N) is 1. The Morgan fingerprint density at radius 3 is 2.60 bits per heavy atom. The van der Waals surface area contributed by atoms with E-state index in [-0.39, 0.29) is 11.5 Å². The molecule has 5 heteroatoms. The van der Waals surface area contributed by atoms with Gasteiger partial charge in [0.2, 0.25) is 0 Å². The van der Waals surface area contributed by atoms with Gasteiger partial charge in [-0.05, 0) is 19.1 Å². The summed E-state index contributed by atoms with van der Waals surface area (Å²) >= 11 is 0. The lowest BCUT2D eigenvalue weighted by molar-refractivity contribution is -0.130. The van der Waals surface area contributed by atoms with Crippen molar-refractivity contribution < 1.29 is 9.53 Å². The van der Waals surface area contributed by atoms with E-state index in [9.17, 15) is 4.79 Å². The minimum atomic E-state index is -0.254. The molecule has 20 heavy (non-hydrogen) atoms. The molecule has 1 N–H and O–H groups in total. The fraction of sp³-hybridized carbons (Fsp3) is 0.333. The monoisotopic (exact) mass is 271 g/mol. The Kier molecular flexibility index (Phi) is 4.75. The second-order valence-electron chi connectivity index (χ2n) is 4.58. The summed E-state index contributed by atoms with van der Waals surface area (Å²) in [6, 6.07) is 9.68. The van der Waals surface area contributed by atoms with Gasteiger partial charge < -0.3 is 15.0 Å². The summed E-state index contributed by atoms with van der Waals surface area (Å²) in [7, 11) is 0. The maximum Gasteiger partial charge on any atom is 0.266 e. The Labute approximate surface area is 118 Å². The van der Waals surface area contributed by atoms with Crippen LogP contribution in [-0.4, -0.2) is 37.1 Å². The largest absolute Gasteiger partial charge is 0.378 e. The summed E-state index contributed by atoms with van der Waals surface area (Å²) in [6.45, 7) is 4.11. The molecule has 1 fully saturated rings. The Bertz CT molecular complexity index is 537. The number of nitriles is 1. The number of rotatable bonds is 3. The van der Waals surface area contributed by atoms with Crippen LogP contribution in [0.25, 0.3) is 0 Å². The number of anilines is 1. The smallest absolute Gasteiger partial charge is 0.266 e. The normalized spacial score (nSPS) is 15.6. The van der Waals surface area contributed by atoms with Crippen LogP contribution in [0.4, 0.5) is 5.69 Å². The van der Waals surface area contributed by atoms with Crippen LogP contribution >= 0.6 is 0 Å². The Hall–Kier alpha value is -2.32. The van der Waals surface area contributed by atoms with Gasteiger partial charge in [0.1, 0.15) is 11.6 Å². The first kappa shape index (κ1) is 14.1. The van der Waals surface area contributed by atoms with Gasteiger partial charge in [0.15, 0.2) is 0 Å². The fourth-order valence-corrected chi connectivity index (χ4v) is 1.88. The van der Waals surface area contributed by atoms with Crippen LogP contribution in [0.2, 0.25) is 0 Å². The van der Waals surface area contributed by atoms with E-state index in [2.05, 4.69) is 5.32 Å². The first-order chi connectivity index (χ1) is 9.70. The molecule has 0 aliphatic carbocycles. The number of nitrogens with zero attached hydrogens (tertiary/aromatic N) is 2. The minimum Gasteiger partial charge on any atom is -0.378 e. The van der Waals surface area contributed by atoms with E-state index < -0.39 is 0 Å². The Morgan fingerprint density at radius 2 is 2.00 bits per heavy atom. The molecule has 5 nitrogen and oxygen atoms in total. The van der Waals surface area contributed by atoms with Crippen LogP contribution in [0.5, 0.6) is 0 Å². The number of ether oxygens (including phenoxy) is 1. The van der Waals surface area contributed by atoms with Crippen molar-refractivity contribution in [3.63, 3.8) is 0 Å². The van der Waals surface area contributed by atoms with E-state index in [1.165, 1.54) is 6.20 Å². The predicted molar refractivity (Wildman–Crippen MR) is 75.9 cm³/mol. The van der Waals surface area contributed by atoms with Crippen LogP contribution in [0.3, 0.4) is 0 Å². The molecule has 0 radical (unpaired) electrons. The molecule has 104 valence electrons. The van der Waals surface area contributed by atoms with Crippen molar-refractivity contribution >= 4 is 11.6 Å². The number of aryl methyl sites for hydroxylation is 1. The van der Waals surface area contributed by atoms with Crippen molar-refractivity contribution in [1.29, 1.82) is 5.26 Å². The molecule has 1 aromatic rings. The topological polar surface area (TPSA) is 65.4 Å². The van der Waals surface area contributed by atoms with Gasteiger partial charge in [-0.25, -0.2) is 0 Å². The number of carbonyl (C=O) groups is 1. The molecule has 1 aliphatic rings. The van der Waals surface area contributed by atoms with E-state index in [1.807, 2.05) is 37.3 Å². The molecule has 0 saturated carbocycles. The number of amides is 1. The highest BCUT2D eigenvalue weighted by molar-refractivity contribution is 5.97. The first-order valence-electron chi connectivity index (χ1n) is 6.51. The molecule has 0 unspecified atom stereocenters. The SMILES string of the molecule is Cc1ccc(N/C=C(/C#N)C(=O)N2CCOCC2)cc1. The highest BCUT2D eigenvalue weighted by Gasteiger charge is 2.20. The summed E-state index contributed by atoms with van der Waals surface area (Å²) in [5.41, 5.74) is 2.11. The predicted octanol–water partition coefficient (Wildman–Crippen LogP) is 1.67. The van der Waals surface area contributed by atoms with Crippen molar-refractivity contribution in [2.75, 3.05) is 31.6 Å². The van der Waals surface area contributed by atoms with E-state index in [0.29, 0.717) is 26.3 Å². The molecule has 2 rings (SSSR count). The van der Waals surface area contributed by atoms with Gasteiger partial charge in [0, 0.05) is 25.0 Å². The third-order valence-electron chi connectivity index (χ3n) is 3.08. The number of benzene rings is 1. The molecule has 0 atom stereocenters. The van der Waals surface area contributed by atoms with Gasteiger partial charge in [-0.3, -0.25) is 4.79 Å². The van der Waals surface area contributed by atoms with Crippen LogP contribution in [0.15, 0.2) is 36.0 Å². The molecule has 0 bridgehead atoms. The fourth-order valence-electron chi connectivity index (χ4n) is 1.88. The third kappa shape index (κ3) is 3.59. The summed E-state index contributed by atoms with van der Waals surface area (Å²) in [5, 5.41) is 12.1. The van der Waals surface area contributed by atoms with Crippen LogP contribution in [0, 0.1) is 18.3 Å². The van der Waals surface area contributed by atoms with E-state index in [1.54, 1.807) is 4.90 Å². The zero-order chi connectivity index (χ0) is 14.4. The van der Waals surface area contributed by atoms with E-state index in [0.717, 1.165) is 11.3 Å². The van der Waals surface area contributed by atoms with Crippen molar-refractivity contribution in [2.24, 2.45) is 0 Å². The number of carbonyl (C=O) groups excluding carboxylic acids is 1. The van der Waals surface area contributed by atoms with Gasteiger partial charge in [0.25, 0.3) is 5.91 Å². The van der Waals surface area contributed by atoms with Gasteiger partial charge in [0.05, 0.1) is 13.2 Å². The van der Waals surface area contributed by atoms with E-state index in [4.69, 9.17) is 10.00 Å². The van der Waals surface area contributed by atoms with E-state index >= 15 is 0 Å². The first-order valence-corrected chi connectivity index (χ1v) is 6.51. The van der Waals surface area contributed by atoms with Crippen molar-refractivity contribution in [3.05, 3.63) is 41.6 Å². The number of hydrogen-bond donors (Lipinski definition) is 1. The third-order valence-corrected chi connectivity index (χ3v) is 3.08. The van der Waals surface area contributed by atoms with Crippen LogP contribution in [-0.2, 0) is 9.53 Å². The molecule has 0 aromatic heterocycles.